The molecule has 0 aliphatic carbocycles. The zero-order chi connectivity index (χ0) is 13.7. The third-order valence-electron chi connectivity index (χ3n) is 2.58. The average molecular weight is 287 g/mol. The molecular weight excluding hydrogens is 268 g/mol. The maximum atomic E-state index is 11.9. The van der Waals surface area contributed by atoms with Gasteiger partial charge in [-0.1, -0.05) is 13.8 Å². The Morgan fingerprint density at radius 2 is 1.74 bits per heavy atom. The fourth-order valence-corrected chi connectivity index (χ4v) is 1.48. The van der Waals surface area contributed by atoms with Crippen LogP contribution in [0.2, 0.25) is 0 Å². The lowest BCUT2D eigenvalue weighted by atomic mass is 10.0. The summed E-state index contributed by atoms with van der Waals surface area (Å²) < 4.78 is 4.66. The Hall–Kier alpha value is -1.75. The second kappa shape index (κ2) is 7.63. The van der Waals surface area contributed by atoms with E-state index in [0.717, 1.165) is 0 Å². The van der Waals surface area contributed by atoms with Crippen LogP contribution in [0.25, 0.3) is 0 Å². The Labute approximate surface area is 118 Å². The fourth-order valence-electron chi connectivity index (χ4n) is 1.48. The minimum Gasteiger partial charge on any atom is -0.467 e. The number of methoxy groups -OCH3 is 1. The van der Waals surface area contributed by atoms with Gasteiger partial charge in [-0.15, -0.1) is 12.4 Å². The molecular formula is C13H19ClN2O3. The number of nitrogens with one attached hydrogen (secondary N) is 1. The van der Waals surface area contributed by atoms with E-state index in [1.165, 1.54) is 7.11 Å². The summed E-state index contributed by atoms with van der Waals surface area (Å²) in [6.07, 6.45) is 0. The zero-order valence-corrected chi connectivity index (χ0v) is 12.0. The molecule has 1 aromatic rings. The summed E-state index contributed by atoms with van der Waals surface area (Å²) in [5.74, 6) is -0.817. The number of nitrogen functional groups attached to an aromatic ring is 1. The molecule has 0 fully saturated rings. The van der Waals surface area contributed by atoms with Gasteiger partial charge in [-0.05, 0) is 30.2 Å². The number of ether oxygens (including phenoxy) is 1. The molecule has 0 heterocycles. The van der Waals surface area contributed by atoms with Crippen molar-refractivity contribution < 1.29 is 14.3 Å². The van der Waals surface area contributed by atoms with Gasteiger partial charge in [-0.25, -0.2) is 4.79 Å². The third kappa shape index (κ3) is 4.79. The number of carbonyl (C=O) groups is 2. The summed E-state index contributed by atoms with van der Waals surface area (Å²) >= 11 is 0. The lowest BCUT2D eigenvalue weighted by Crippen LogP contribution is -2.45. The van der Waals surface area contributed by atoms with Crippen LogP contribution in [0.4, 0.5) is 5.69 Å². The minimum absolute atomic E-state index is 0. The van der Waals surface area contributed by atoms with Gasteiger partial charge in [0.25, 0.3) is 5.91 Å². The molecule has 19 heavy (non-hydrogen) atoms. The number of hydrogen-bond donors (Lipinski definition) is 2. The molecule has 1 unspecified atom stereocenters. The highest BCUT2D eigenvalue weighted by atomic mass is 35.5. The smallest absolute Gasteiger partial charge is 0.328 e. The van der Waals surface area contributed by atoms with E-state index in [9.17, 15) is 9.59 Å². The van der Waals surface area contributed by atoms with E-state index in [2.05, 4.69) is 10.1 Å². The molecule has 0 saturated carbocycles. The van der Waals surface area contributed by atoms with Gasteiger partial charge in [-0.2, -0.15) is 0 Å². The highest BCUT2D eigenvalue weighted by molar-refractivity contribution is 5.97. The van der Waals surface area contributed by atoms with E-state index in [1.54, 1.807) is 24.3 Å². The van der Waals surface area contributed by atoms with E-state index in [4.69, 9.17) is 5.73 Å². The molecule has 5 nitrogen and oxygen atoms in total. The van der Waals surface area contributed by atoms with Crippen LogP contribution in [-0.4, -0.2) is 25.0 Å². The number of esters is 1. The van der Waals surface area contributed by atoms with Crippen molar-refractivity contribution in [2.45, 2.75) is 19.9 Å². The quantitative estimate of drug-likeness (QED) is 0.651. The molecule has 1 aromatic carbocycles. The van der Waals surface area contributed by atoms with Crippen LogP contribution in [0.5, 0.6) is 0 Å². The Bertz CT molecular complexity index is 432. The van der Waals surface area contributed by atoms with Crippen LogP contribution in [-0.2, 0) is 9.53 Å². The van der Waals surface area contributed by atoms with Gasteiger partial charge >= 0.3 is 5.97 Å². The van der Waals surface area contributed by atoms with Gasteiger partial charge in [0.1, 0.15) is 6.04 Å². The average Bonchev–Trinajstić information content (AvgIpc) is 2.35. The third-order valence-corrected chi connectivity index (χ3v) is 2.58. The summed E-state index contributed by atoms with van der Waals surface area (Å²) in [7, 11) is 1.30. The maximum absolute atomic E-state index is 11.9. The predicted octanol–water partition coefficient (Wildman–Crippen LogP) is 1.62. The molecule has 0 aromatic heterocycles. The molecule has 0 aliphatic heterocycles. The van der Waals surface area contributed by atoms with Crippen molar-refractivity contribution in [1.29, 1.82) is 0 Å². The number of benzene rings is 1. The van der Waals surface area contributed by atoms with Crippen LogP contribution in [0.3, 0.4) is 0 Å². The van der Waals surface area contributed by atoms with Crippen LogP contribution in [0.15, 0.2) is 24.3 Å². The lowest BCUT2D eigenvalue weighted by molar-refractivity contribution is -0.144. The van der Waals surface area contributed by atoms with Crippen molar-refractivity contribution >= 4 is 30.0 Å². The fraction of sp³-hybridized carbons (Fsp3) is 0.385. The normalized spacial score (nSPS) is 11.4. The molecule has 0 radical (unpaired) electrons. The van der Waals surface area contributed by atoms with E-state index >= 15 is 0 Å². The number of hydrogen-bond acceptors (Lipinski definition) is 4. The van der Waals surface area contributed by atoms with Gasteiger partial charge in [0.2, 0.25) is 0 Å². The number of rotatable bonds is 4. The molecule has 0 spiro atoms. The summed E-state index contributed by atoms with van der Waals surface area (Å²) in [5.41, 5.74) is 6.58. The monoisotopic (exact) mass is 286 g/mol. The highest BCUT2D eigenvalue weighted by Gasteiger charge is 2.25. The van der Waals surface area contributed by atoms with E-state index in [-0.39, 0.29) is 24.2 Å². The summed E-state index contributed by atoms with van der Waals surface area (Å²) in [6, 6.07) is 5.84. The van der Waals surface area contributed by atoms with E-state index in [0.29, 0.717) is 11.3 Å². The van der Waals surface area contributed by atoms with Crippen LogP contribution in [0, 0.1) is 5.92 Å². The van der Waals surface area contributed by atoms with Crippen molar-refractivity contribution in [3.8, 4) is 0 Å². The van der Waals surface area contributed by atoms with Crippen LogP contribution < -0.4 is 11.1 Å². The molecule has 0 aliphatic rings. The number of amides is 1. The van der Waals surface area contributed by atoms with Gasteiger partial charge in [-0.3, -0.25) is 4.79 Å². The number of nitrogens with two attached hydrogens (primary N) is 1. The van der Waals surface area contributed by atoms with Gasteiger partial charge in [0.05, 0.1) is 7.11 Å². The number of carbonyl (C=O) groups excluding carboxylic acids is 2. The molecule has 0 saturated heterocycles. The Balaban J connectivity index is 0.00000324. The summed E-state index contributed by atoms with van der Waals surface area (Å²) in [5, 5.41) is 2.65. The SMILES string of the molecule is COC(=O)C(NC(=O)c1ccc(N)cc1)C(C)C.Cl. The van der Waals surface area contributed by atoms with Gasteiger partial charge in [0.15, 0.2) is 0 Å². The number of halogens is 1. The Morgan fingerprint density at radius 1 is 1.21 bits per heavy atom. The Morgan fingerprint density at radius 3 is 2.16 bits per heavy atom. The molecule has 6 heteroatoms. The maximum Gasteiger partial charge on any atom is 0.328 e. The van der Waals surface area contributed by atoms with Crippen molar-refractivity contribution in [3.05, 3.63) is 29.8 Å². The van der Waals surface area contributed by atoms with E-state index < -0.39 is 12.0 Å². The summed E-state index contributed by atoms with van der Waals surface area (Å²) in [4.78, 5) is 23.4. The first-order valence-electron chi connectivity index (χ1n) is 5.70. The first-order chi connectivity index (χ1) is 8.45. The van der Waals surface area contributed by atoms with Crippen molar-refractivity contribution in [1.82, 2.24) is 5.32 Å². The molecule has 1 atom stereocenters. The van der Waals surface area contributed by atoms with E-state index in [1.807, 2.05) is 13.8 Å². The molecule has 106 valence electrons. The highest BCUT2D eigenvalue weighted by Crippen LogP contribution is 2.08. The van der Waals surface area contributed by atoms with Gasteiger partial charge < -0.3 is 15.8 Å². The molecule has 1 amide bonds. The van der Waals surface area contributed by atoms with Crippen molar-refractivity contribution in [2.24, 2.45) is 5.92 Å². The zero-order valence-electron chi connectivity index (χ0n) is 11.2. The summed E-state index contributed by atoms with van der Waals surface area (Å²) in [6.45, 7) is 3.68. The minimum atomic E-state index is -0.653. The molecule has 1 rings (SSSR count). The van der Waals surface area contributed by atoms with Crippen molar-refractivity contribution in [3.63, 3.8) is 0 Å². The van der Waals surface area contributed by atoms with Crippen molar-refractivity contribution in [2.75, 3.05) is 12.8 Å². The molecule has 3 N–H and O–H groups in total. The first kappa shape index (κ1) is 17.2. The second-order valence-corrected chi connectivity index (χ2v) is 4.34. The predicted molar refractivity (Wildman–Crippen MR) is 76.2 cm³/mol. The van der Waals surface area contributed by atoms with Crippen LogP contribution in [0.1, 0.15) is 24.2 Å². The standard InChI is InChI=1S/C13H18N2O3.ClH/c1-8(2)11(13(17)18-3)15-12(16)9-4-6-10(14)7-5-9;/h4-8,11H,14H2,1-3H3,(H,15,16);1H. The van der Waals surface area contributed by atoms with Gasteiger partial charge in [0, 0.05) is 11.3 Å². The van der Waals surface area contributed by atoms with Crippen LogP contribution >= 0.6 is 12.4 Å². The molecule has 0 bridgehead atoms. The first-order valence-corrected chi connectivity index (χ1v) is 5.70. The number of anilines is 1. The topological polar surface area (TPSA) is 81.4 Å². The largest absolute Gasteiger partial charge is 0.467 e. The second-order valence-electron chi connectivity index (χ2n) is 4.34. The lowest BCUT2D eigenvalue weighted by Gasteiger charge is -2.19. The Kier molecular flexibility index (Phi) is 6.93.